The van der Waals surface area contributed by atoms with E-state index in [9.17, 15) is 0 Å². The molecule has 1 aliphatic heterocycles. The van der Waals surface area contributed by atoms with E-state index in [1.54, 1.807) is 0 Å². The first-order chi connectivity index (χ1) is 9.83. The minimum absolute atomic E-state index is 0.116. The molecule has 120 valence electrons. The summed E-state index contributed by atoms with van der Waals surface area (Å²) in [7, 11) is 0. The molecule has 5 heteroatoms. The highest BCUT2D eigenvalue weighted by Gasteiger charge is 2.24. The van der Waals surface area contributed by atoms with Crippen molar-refractivity contribution < 1.29 is 0 Å². The lowest BCUT2D eigenvalue weighted by molar-refractivity contribution is 0.286. The quantitative estimate of drug-likeness (QED) is 0.873. The van der Waals surface area contributed by atoms with Gasteiger partial charge in [-0.15, -0.1) is 5.10 Å². The molecule has 0 aromatic carbocycles. The molecule has 2 heterocycles. The van der Waals surface area contributed by atoms with E-state index in [0.717, 1.165) is 37.2 Å². The SMILES string of the molecule is CC(C)C1CCN(CCn2cc(CNC(C)(C)C)nn2)C1. The molecular formula is C16H31N5. The Bertz CT molecular complexity index is 432. The fourth-order valence-electron chi connectivity index (χ4n) is 2.74. The zero-order valence-electron chi connectivity index (χ0n) is 14.3. The van der Waals surface area contributed by atoms with Gasteiger partial charge in [-0.2, -0.15) is 0 Å². The Morgan fingerprint density at radius 1 is 1.33 bits per heavy atom. The molecule has 1 aromatic rings. The fraction of sp³-hybridized carbons (Fsp3) is 0.875. The lowest BCUT2D eigenvalue weighted by Gasteiger charge is -2.19. The first-order valence-electron chi connectivity index (χ1n) is 8.20. The van der Waals surface area contributed by atoms with Gasteiger partial charge in [-0.25, -0.2) is 0 Å². The number of nitrogens with one attached hydrogen (secondary N) is 1. The van der Waals surface area contributed by atoms with Gasteiger partial charge in [-0.3, -0.25) is 4.68 Å². The number of rotatable bonds is 6. The fourth-order valence-corrected chi connectivity index (χ4v) is 2.74. The Hall–Kier alpha value is -0.940. The molecule has 1 aromatic heterocycles. The number of hydrogen-bond donors (Lipinski definition) is 1. The number of nitrogens with zero attached hydrogens (tertiary/aromatic N) is 4. The molecule has 1 saturated heterocycles. The first-order valence-corrected chi connectivity index (χ1v) is 8.20. The second-order valence-electron chi connectivity index (χ2n) is 7.67. The van der Waals surface area contributed by atoms with Crippen molar-refractivity contribution in [2.75, 3.05) is 19.6 Å². The summed E-state index contributed by atoms with van der Waals surface area (Å²) in [6.07, 6.45) is 3.41. The monoisotopic (exact) mass is 293 g/mol. The normalized spacial score (nSPS) is 20.6. The summed E-state index contributed by atoms with van der Waals surface area (Å²) < 4.78 is 1.97. The van der Waals surface area contributed by atoms with Crippen LogP contribution in [0.4, 0.5) is 0 Å². The highest BCUT2D eigenvalue weighted by molar-refractivity contribution is 4.93. The van der Waals surface area contributed by atoms with Gasteiger partial charge in [-0.05, 0) is 45.6 Å². The van der Waals surface area contributed by atoms with Crippen molar-refractivity contribution in [1.82, 2.24) is 25.2 Å². The molecule has 1 aliphatic rings. The maximum Gasteiger partial charge on any atom is 0.0965 e. The van der Waals surface area contributed by atoms with E-state index >= 15 is 0 Å². The zero-order valence-corrected chi connectivity index (χ0v) is 14.3. The van der Waals surface area contributed by atoms with Crippen LogP contribution in [0.2, 0.25) is 0 Å². The highest BCUT2D eigenvalue weighted by Crippen LogP contribution is 2.23. The van der Waals surface area contributed by atoms with Gasteiger partial charge >= 0.3 is 0 Å². The van der Waals surface area contributed by atoms with E-state index < -0.39 is 0 Å². The Kier molecular flexibility index (Phi) is 5.38. The van der Waals surface area contributed by atoms with Crippen molar-refractivity contribution >= 4 is 0 Å². The summed E-state index contributed by atoms with van der Waals surface area (Å²) >= 11 is 0. The van der Waals surface area contributed by atoms with Crippen LogP contribution in [-0.4, -0.2) is 45.1 Å². The van der Waals surface area contributed by atoms with Gasteiger partial charge in [0, 0.05) is 31.4 Å². The zero-order chi connectivity index (χ0) is 15.5. The van der Waals surface area contributed by atoms with Crippen molar-refractivity contribution in [1.29, 1.82) is 0 Å². The third-order valence-corrected chi connectivity index (χ3v) is 4.28. The third-order valence-electron chi connectivity index (χ3n) is 4.28. The van der Waals surface area contributed by atoms with E-state index in [4.69, 9.17) is 0 Å². The van der Waals surface area contributed by atoms with Gasteiger partial charge in [0.1, 0.15) is 0 Å². The summed E-state index contributed by atoms with van der Waals surface area (Å²) in [5.41, 5.74) is 1.14. The number of aromatic nitrogens is 3. The van der Waals surface area contributed by atoms with Gasteiger partial charge in [0.05, 0.1) is 12.2 Å². The lowest BCUT2D eigenvalue weighted by atomic mass is 9.95. The maximum atomic E-state index is 4.24. The van der Waals surface area contributed by atoms with Crippen molar-refractivity contribution in [3.63, 3.8) is 0 Å². The summed E-state index contributed by atoms with van der Waals surface area (Å²) in [5.74, 6) is 1.67. The largest absolute Gasteiger partial charge is 0.306 e. The molecule has 21 heavy (non-hydrogen) atoms. The summed E-state index contributed by atoms with van der Waals surface area (Å²) in [4.78, 5) is 2.55. The average Bonchev–Trinajstić information content (AvgIpc) is 3.02. The molecular weight excluding hydrogens is 262 g/mol. The van der Waals surface area contributed by atoms with Crippen molar-refractivity contribution in [3.8, 4) is 0 Å². The molecule has 1 N–H and O–H groups in total. The van der Waals surface area contributed by atoms with Gasteiger partial charge in [0.15, 0.2) is 0 Å². The minimum atomic E-state index is 0.116. The highest BCUT2D eigenvalue weighted by atomic mass is 15.4. The van der Waals surface area contributed by atoms with Crippen LogP contribution in [0.25, 0.3) is 0 Å². The number of hydrogen-bond acceptors (Lipinski definition) is 4. The van der Waals surface area contributed by atoms with Gasteiger partial charge in [0.2, 0.25) is 0 Å². The van der Waals surface area contributed by atoms with E-state index in [1.165, 1.54) is 19.5 Å². The van der Waals surface area contributed by atoms with Crippen LogP contribution in [0.1, 0.15) is 46.7 Å². The molecule has 0 bridgehead atoms. The predicted molar refractivity (Wildman–Crippen MR) is 86.0 cm³/mol. The predicted octanol–water partition coefficient (Wildman–Crippen LogP) is 2.14. The standard InChI is InChI=1S/C16H31N5/c1-13(2)14-6-7-20(11-14)8-9-21-12-15(18-19-21)10-17-16(3,4)5/h12-14,17H,6-11H2,1-5H3. The van der Waals surface area contributed by atoms with E-state index in [-0.39, 0.29) is 5.54 Å². The van der Waals surface area contributed by atoms with Gasteiger partial charge in [0.25, 0.3) is 0 Å². The molecule has 1 unspecified atom stereocenters. The Morgan fingerprint density at radius 2 is 2.10 bits per heavy atom. The van der Waals surface area contributed by atoms with Crippen LogP contribution in [0.3, 0.4) is 0 Å². The van der Waals surface area contributed by atoms with E-state index in [0.29, 0.717) is 0 Å². The summed E-state index contributed by atoms with van der Waals surface area (Å²) in [5, 5.41) is 11.9. The maximum absolute atomic E-state index is 4.24. The van der Waals surface area contributed by atoms with Crippen LogP contribution in [0.5, 0.6) is 0 Å². The van der Waals surface area contributed by atoms with Crippen LogP contribution in [-0.2, 0) is 13.1 Å². The lowest BCUT2D eigenvalue weighted by Crippen LogP contribution is -2.35. The van der Waals surface area contributed by atoms with Gasteiger partial charge in [-0.1, -0.05) is 19.1 Å². The second kappa shape index (κ2) is 6.88. The van der Waals surface area contributed by atoms with E-state index in [2.05, 4.69) is 61.3 Å². The van der Waals surface area contributed by atoms with Crippen LogP contribution in [0.15, 0.2) is 6.20 Å². The Labute approximate surface area is 129 Å². The van der Waals surface area contributed by atoms with Gasteiger partial charge < -0.3 is 10.2 Å². The average molecular weight is 293 g/mol. The van der Waals surface area contributed by atoms with Crippen LogP contribution >= 0.6 is 0 Å². The van der Waals surface area contributed by atoms with Crippen molar-refractivity contribution in [3.05, 3.63) is 11.9 Å². The smallest absolute Gasteiger partial charge is 0.0965 e. The molecule has 0 amide bonds. The molecule has 2 rings (SSSR count). The summed E-state index contributed by atoms with van der Waals surface area (Å²) in [6.45, 7) is 16.4. The molecule has 0 radical (unpaired) electrons. The molecule has 1 fully saturated rings. The van der Waals surface area contributed by atoms with Crippen molar-refractivity contribution in [2.24, 2.45) is 11.8 Å². The second-order valence-corrected chi connectivity index (χ2v) is 7.67. The Balaban J connectivity index is 1.73. The topological polar surface area (TPSA) is 46.0 Å². The molecule has 0 spiro atoms. The molecule has 0 aliphatic carbocycles. The molecule has 0 saturated carbocycles. The third kappa shape index (κ3) is 5.40. The van der Waals surface area contributed by atoms with Crippen LogP contribution < -0.4 is 5.32 Å². The molecule has 1 atom stereocenters. The van der Waals surface area contributed by atoms with Crippen molar-refractivity contribution in [2.45, 2.75) is 59.7 Å². The first kappa shape index (κ1) is 16.4. The van der Waals surface area contributed by atoms with Crippen LogP contribution in [0, 0.1) is 11.8 Å². The number of likely N-dealkylation sites (tertiary alicyclic amines) is 1. The molecule has 5 nitrogen and oxygen atoms in total. The minimum Gasteiger partial charge on any atom is -0.306 e. The van der Waals surface area contributed by atoms with E-state index in [1.807, 2.05) is 4.68 Å². The Morgan fingerprint density at radius 3 is 2.71 bits per heavy atom. The summed E-state index contributed by atoms with van der Waals surface area (Å²) in [6, 6.07) is 0.